The highest BCUT2D eigenvalue weighted by Crippen LogP contribution is 2.34. The Hall–Kier alpha value is -2.61. The first-order valence-electron chi connectivity index (χ1n) is 8.49. The van der Waals surface area contributed by atoms with Gasteiger partial charge in [0.2, 0.25) is 17.6 Å². The number of nitrogen functional groups attached to an aromatic ring is 1. The van der Waals surface area contributed by atoms with Crippen molar-refractivity contribution >= 4 is 34.9 Å². The molecule has 0 spiro atoms. The number of rotatable bonds is 5. The van der Waals surface area contributed by atoms with E-state index in [0.29, 0.717) is 24.0 Å². The first kappa shape index (κ1) is 18.2. The summed E-state index contributed by atoms with van der Waals surface area (Å²) in [6.07, 6.45) is 2.07. The van der Waals surface area contributed by atoms with Gasteiger partial charge in [-0.1, -0.05) is 30.7 Å². The predicted octanol–water partition coefficient (Wildman–Crippen LogP) is 3.47. The minimum absolute atomic E-state index is 0.128. The van der Waals surface area contributed by atoms with E-state index in [4.69, 9.17) is 17.3 Å². The number of nitro groups is 1. The molecular formula is C17H21ClN6O2. The van der Waals surface area contributed by atoms with Gasteiger partial charge in [0.25, 0.3) is 0 Å². The Morgan fingerprint density at radius 2 is 2.12 bits per heavy atom. The Morgan fingerprint density at radius 3 is 2.77 bits per heavy atom. The molecule has 1 saturated heterocycles. The van der Waals surface area contributed by atoms with Crippen molar-refractivity contribution in [2.45, 2.75) is 26.3 Å². The number of benzene rings is 1. The van der Waals surface area contributed by atoms with Crippen LogP contribution in [-0.2, 0) is 6.54 Å². The zero-order chi connectivity index (χ0) is 18.7. The lowest BCUT2D eigenvalue weighted by atomic mass is 10.0. The Balaban J connectivity index is 1.86. The molecule has 1 aliphatic heterocycles. The van der Waals surface area contributed by atoms with Crippen molar-refractivity contribution in [1.82, 2.24) is 9.97 Å². The van der Waals surface area contributed by atoms with Gasteiger partial charge in [-0.3, -0.25) is 10.1 Å². The monoisotopic (exact) mass is 376 g/mol. The van der Waals surface area contributed by atoms with Gasteiger partial charge < -0.3 is 16.0 Å². The van der Waals surface area contributed by atoms with E-state index in [1.807, 2.05) is 17.0 Å². The van der Waals surface area contributed by atoms with Gasteiger partial charge in [0, 0.05) is 24.7 Å². The molecule has 0 bridgehead atoms. The number of nitrogens with one attached hydrogen (secondary N) is 1. The topological polar surface area (TPSA) is 110 Å². The van der Waals surface area contributed by atoms with E-state index < -0.39 is 4.92 Å². The number of nitrogens with two attached hydrogens (primary N) is 1. The van der Waals surface area contributed by atoms with Crippen molar-refractivity contribution in [3.8, 4) is 0 Å². The summed E-state index contributed by atoms with van der Waals surface area (Å²) in [6.45, 7) is 4.03. The predicted molar refractivity (Wildman–Crippen MR) is 102 cm³/mol. The first-order valence-corrected chi connectivity index (χ1v) is 8.87. The van der Waals surface area contributed by atoms with Crippen LogP contribution in [0.2, 0.25) is 5.02 Å². The van der Waals surface area contributed by atoms with Crippen LogP contribution >= 0.6 is 11.6 Å². The molecule has 0 aliphatic carbocycles. The van der Waals surface area contributed by atoms with Crippen molar-refractivity contribution in [2.75, 3.05) is 29.0 Å². The van der Waals surface area contributed by atoms with E-state index >= 15 is 0 Å². The van der Waals surface area contributed by atoms with Crippen LogP contribution < -0.4 is 16.0 Å². The van der Waals surface area contributed by atoms with Gasteiger partial charge in [-0.25, -0.2) is 0 Å². The molecule has 0 radical (unpaired) electrons. The fourth-order valence-corrected chi connectivity index (χ4v) is 3.23. The minimum Gasteiger partial charge on any atom is -0.378 e. The van der Waals surface area contributed by atoms with E-state index in [1.165, 1.54) is 0 Å². The standard InChI is InChI=1S/C17H21ClN6O2/c1-11-3-2-8-23(10-11)16-14(24(25)26)15(19)21-17(22-16)20-9-12-4-6-13(18)7-5-12/h4-7,11H,2-3,8-10H2,1H3,(H3,19,20,21,22)/t11-/m1/s1. The molecule has 1 fully saturated rings. The highest BCUT2D eigenvalue weighted by Gasteiger charge is 2.29. The maximum atomic E-state index is 11.5. The lowest BCUT2D eigenvalue weighted by Crippen LogP contribution is -2.35. The van der Waals surface area contributed by atoms with Crippen molar-refractivity contribution in [1.29, 1.82) is 0 Å². The summed E-state index contributed by atoms with van der Waals surface area (Å²) >= 11 is 5.88. The van der Waals surface area contributed by atoms with E-state index in [1.54, 1.807) is 12.1 Å². The Kier molecular flexibility index (Phi) is 5.41. The quantitative estimate of drug-likeness (QED) is 0.607. The van der Waals surface area contributed by atoms with Crippen molar-refractivity contribution in [3.05, 3.63) is 45.0 Å². The lowest BCUT2D eigenvalue weighted by Gasteiger charge is -2.31. The summed E-state index contributed by atoms with van der Waals surface area (Å²) in [7, 11) is 0. The summed E-state index contributed by atoms with van der Waals surface area (Å²) in [5.41, 5.74) is 6.64. The number of hydrogen-bond acceptors (Lipinski definition) is 7. The highest BCUT2D eigenvalue weighted by atomic mass is 35.5. The third-order valence-corrected chi connectivity index (χ3v) is 4.65. The van der Waals surface area contributed by atoms with Gasteiger partial charge in [0.15, 0.2) is 0 Å². The molecule has 1 atom stereocenters. The number of hydrogen-bond donors (Lipinski definition) is 2. The molecule has 8 nitrogen and oxygen atoms in total. The molecule has 9 heteroatoms. The van der Waals surface area contributed by atoms with Gasteiger partial charge in [-0.05, 0) is 36.5 Å². The number of halogens is 1. The average Bonchev–Trinajstić information content (AvgIpc) is 2.60. The van der Waals surface area contributed by atoms with E-state index in [0.717, 1.165) is 24.9 Å². The SMILES string of the molecule is C[C@@H]1CCCN(c2nc(NCc3ccc(Cl)cc3)nc(N)c2[N+](=O)[O-])C1. The zero-order valence-electron chi connectivity index (χ0n) is 14.5. The number of nitrogens with zero attached hydrogens (tertiary/aromatic N) is 4. The van der Waals surface area contributed by atoms with E-state index in [-0.39, 0.29) is 23.3 Å². The largest absolute Gasteiger partial charge is 0.378 e. The second-order valence-corrected chi connectivity index (χ2v) is 6.97. The van der Waals surface area contributed by atoms with Gasteiger partial charge >= 0.3 is 5.69 Å². The smallest absolute Gasteiger partial charge is 0.353 e. The normalized spacial score (nSPS) is 17.2. The van der Waals surface area contributed by atoms with Crippen molar-refractivity contribution in [2.24, 2.45) is 5.92 Å². The molecule has 3 rings (SSSR count). The molecule has 0 unspecified atom stereocenters. The van der Waals surface area contributed by atoms with Crippen LogP contribution in [0.15, 0.2) is 24.3 Å². The Bertz CT molecular complexity index is 799. The molecule has 26 heavy (non-hydrogen) atoms. The van der Waals surface area contributed by atoms with Crippen LogP contribution in [-0.4, -0.2) is 28.0 Å². The number of aromatic nitrogens is 2. The second-order valence-electron chi connectivity index (χ2n) is 6.54. The van der Waals surface area contributed by atoms with Crippen LogP contribution in [0.5, 0.6) is 0 Å². The highest BCUT2D eigenvalue weighted by molar-refractivity contribution is 6.30. The van der Waals surface area contributed by atoms with E-state index in [9.17, 15) is 10.1 Å². The second kappa shape index (κ2) is 7.74. The van der Waals surface area contributed by atoms with Crippen molar-refractivity contribution in [3.63, 3.8) is 0 Å². The van der Waals surface area contributed by atoms with E-state index in [2.05, 4.69) is 22.2 Å². The molecule has 0 saturated carbocycles. The molecule has 3 N–H and O–H groups in total. The third-order valence-electron chi connectivity index (χ3n) is 4.40. The fourth-order valence-electron chi connectivity index (χ4n) is 3.10. The van der Waals surface area contributed by atoms with Crippen LogP contribution in [0.3, 0.4) is 0 Å². The van der Waals surface area contributed by atoms with Crippen molar-refractivity contribution < 1.29 is 4.92 Å². The number of anilines is 3. The van der Waals surface area contributed by atoms with Gasteiger partial charge in [-0.2, -0.15) is 9.97 Å². The fraction of sp³-hybridized carbons (Fsp3) is 0.412. The zero-order valence-corrected chi connectivity index (χ0v) is 15.2. The summed E-state index contributed by atoms with van der Waals surface area (Å²) in [4.78, 5) is 21.4. The van der Waals surface area contributed by atoms with Gasteiger partial charge in [0.05, 0.1) is 4.92 Å². The average molecular weight is 377 g/mol. The minimum atomic E-state index is -0.507. The molecule has 1 aliphatic rings. The molecule has 138 valence electrons. The van der Waals surface area contributed by atoms with Crippen LogP contribution in [0, 0.1) is 16.0 Å². The van der Waals surface area contributed by atoms with Gasteiger partial charge in [-0.15, -0.1) is 0 Å². The number of piperidine rings is 1. The van der Waals surface area contributed by atoms with Crippen LogP contribution in [0.4, 0.5) is 23.3 Å². The summed E-state index contributed by atoms with van der Waals surface area (Å²) in [6, 6.07) is 7.36. The third kappa shape index (κ3) is 4.13. The molecular weight excluding hydrogens is 356 g/mol. The summed E-state index contributed by atoms with van der Waals surface area (Å²) < 4.78 is 0. The summed E-state index contributed by atoms with van der Waals surface area (Å²) in [5, 5.41) is 15.2. The molecule has 2 aromatic rings. The lowest BCUT2D eigenvalue weighted by molar-refractivity contribution is -0.383. The van der Waals surface area contributed by atoms with Gasteiger partial charge in [0.1, 0.15) is 0 Å². The molecule has 1 aromatic heterocycles. The summed E-state index contributed by atoms with van der Waals surface area (Å²) in [5.74, 6) is 0.880. The Labute approximate surface area is 156 Å². The maximum Gasteiger partial charge on any atom is 0.353 e. The Morgan fingerprint density at radius 1 is 1.38 bits per heavy atom. The first-order chi connectivity index (χ1) is 12.4. The maximum absolute atomic E-state index is 11.5. The van der Waals surface area contributed by atoms with Crippen LogP contribution in [0.25, 0.3) is 0 Å². The van der Waals surface area contributed by atoms with Crippen LogP contribution in [0.1, 0.15) is 25.3 Å². The molecule has 0 amide bonds. The molecule has 1 aromatic carbocycles. The molecule has 2 heterocycles.